The van der Waals surface area contributed by atoms with Crippen LogP contribution in [0, 0.1) is 0 Å². The van der Waals surface area contributed by atoms with E-state index in [1.807, 2.05) is 243 Å². The fourth-order valence-electron chi connectivity index (χ4n) is 10.6. The summed E-state index contributed by atoms with van der Waals surface area (Å²) < 4.78 is 2.84. The molecule has 0 aliphatic heterocycles. The van der Waals surface area contributed by atoms with Crippen LogP contribution in [0.25, 0.3) is 0 Å². The molecule has 0 heterocycles. The number of urea groups is 4. The van der Waals surface area contributed by atoms with Crippen LogP contribution in [-0.4, -0.2) is 85.4 Å². The number of nitrogens with one attached hydrogen (secondary N) is 8. The second kappa shape index (κ2) is 57.5. The number of para-hydroxylation sites is 8. The molecule has 0 fully saturated rings. The Kier molecular flexibility index (Phi) is 51.0. The van der Waals surface area contributed by atoms with Gasteiger partial charge in [0.2, 0.25) is 0 Å². The Morgan fingerprint density at radius 2 is 0.300 bits per heavy atom. The van der Waals surface area contributed by atoms with E-state index in [1.54, 1.807) is 0 Å². The third kappa shape index (κ3) is 42.4. The van der Waals surface area contributed by atoms with Gasteiger partial charge in [0.1, 0.15) is 0 Å². The highest BCUT2D eigenvalue weighted by molar-refractivity contribution is 6.01. The number of nitrogens with zero attached hydrogens (tertiary/aromatic N) is 2. The Morgan fingerprint density at radius 3 is 0.390 bits per heavy atom. The minimum atomic E-state index is -0.239. The van der Waals surface area contributed by atoms with Crippen molar-refractivity contribution in [1.82, 2.24) is 0 Å². The van der Waals surface area contributed by atoms with Crippen molar-refractivity contribution in [2.24, 2.45) is 0 Å². The lowest BCUT2D eigenvalue weighted by Crippen LogP contribution is -3.00. The zero-order chi connectivity index (χ0) is 70.8. The predicted octanol–water partition coefficient (Wildman–Crippen LogP) is 17.3. The van der Waals surface area contributed by atoms with E-state index >= 15 is 0 Å². The van der Waals surface area contributed by atoms with Crippen molar-refractivity contribution in [2.45, 2.75) is 158 Å². The van der Waals surface area contributed by atoms with Crippen molar-refractivity contribution in [3.8, 4) is 0 Å². The lowest BCUT2D eigenvalue weighted by Gasteiger charge is -2.39. The van der Waals surface area contributed by atoms with Gasteiger partial charge in [0, 0.05) is 45.5 Å². The van der Waals surface area contributed by atoms with E-state index < -0.39 is 0 Å². The van der Waals surface area contributed by atoms with Crippen molar-refractivity contribution in [3.63, 3.8) is 0 Å². The normalized spacial score (nSPS) is 10.2. The van der Waals surface area contributed by atoms with Gasteiger partial charge in [0.15, 0.2) is 0 Å². The first-order chi connectivity index (χ1) is 47.9. The Morgan fingerprint density at radius 1 is 0.200 bits per heavy atom. The number of carbonyl (C=O) groups excluding carboxylic acids is 4. The number of amides is 8. The van der Waals surface area contributed by atoms with Crippen molar-refractivity contribution in [3.05, 3.63) is 243 Å². The molecule has 0 aromatic heterocycles. The molecule has 16 heteroatoms. The Balaban J connectivity index is 0.000000598. The van der Waals surface area contributed by atoms with Crippen molar-refractivity contribution in [1.29, 1.82) is 0 Å². The van der Waals surface area contributed by atoms with Crippen LogP contribution in [0.4, 0.5) is 64.7 Å². The van der Waals surface area contributed by atoms with Gasteiger partial charge in [-0.05, 0) is 148 Å². The first-order valence-corrected chi connectivity index (χ1v) is 36.3. The molecule has 544 valence electrons. The average molecular weight is 1370 g/mol. The van der Waals surface area contributed by atoms with Gasteiger partial charge in [0.05, 0.1) is 52.4 Å². The second-order valence-corrected chi connectivity index (χ2v) is 24.5. The van der Waals surface area contributed by atoms with Crippen LogP contribution in [0.15, 0.2) is 243 Å². The fourth-order valence-corrected chi connectivity index (χ4v) is 10.6. The van der Waals surface area contributed by atoms with Crippen molar-refractivity contribution in [2.75, 3.05) is 94.9 Å². The number of benzene rings is 8. The minimum absolute atomic E-state index is 0. The van der Waals surface area contributed by atoms with Gasteiger partial charge >= 0.3 is 24.1 Å². The van der Waals surface area contributed by atoms with Crippen LogP contribution in [-0.2, 0) is 0 Å². The van der Waals surface area contributed by atoms with E-state index in [0.29, 0.717) is 0 Å². The molecule has 8 rings (SSSR count). The van der Waals surface area contributed by atoms with E-state index in [-0.39, 0.29) is 33.5 Å². The van der Waals surface area contributed by atoms with Crippen LogP contribution >= 0.6 is 0 Å². The molecule has 0 atom stereocenters. The van der Waals surface area contributed by atoms with Gasteiger partial charge in [-0.15, -0.1) is 0 Å². The summed E-state index contributed by atoms with van der Waals surface area (Å²) >= 11 is 0. The summed E-state index contributed by atoms with van der Waals surface area (Å²) in [6, 6.07) is 73.6. The van der Waals surface area contributed by atoms with Crippen molar-refractivity contribution >= 4 is 69.6 Å². The van der Waals surface area contributed by atoms with Crippen LogP contribution < -0.4 is 51.9 Å². The Labute approximate surface area is 599 Å². The minimum Gasteiger partial charge on any atom is -1.00 e. The van der Waals surface area contributed by atoms with Gasteiger partial charge in [-0.1, -0.05) is 252 Å². The SMILES string of the molecule is CCCC[N+](CCCC)(CCCC)CCCC.CCCC[N+](CCCC)(CCCC)CCCC.O=C(Nc1ccccc1)Nc1ccccc1.O=C(Nc1ccccc1)Nc1ccccc1.O=C(Nc1ccccc1)Nc1ccccc1.O=C(Nc1ccccc1)Nc1ccccc1.[F-].[F-]. The number of unbranched alkanes of at least 4 members (excludes halogenated alkanes) is 8. The topological polar surface area (TPSA) is 165 Å². The fraction of sp³-hybridized carbons (Fsp3) is 0.381. The highest BCUT2D eigenvalue weighted by Crippen LogP contribution is 2.19. The summed E-state index contributed by atoms with van der Waals surface area (Å²) in [7, 11) is 0. The molecule has 0 unspecified atom stereocenters. The van der Waals surface area contributed by atoms with Crippen LogP contribution in [0.5, 0.6) is 0 Å². The highest BCUT2D eigenvalue weighted by atomic mass is 19.0. The molecule has 8 aromatic carbocycles. The third-order valence-corrected chi connectivity index (χ3v) is 16.1. The lowest BCUT2D eigenvalue weighted by atomic mass is 10.1. The average Bonchev–Trinajstić information content (AvgIpc) is 0.894. The molecule has 8 N–H and O–H groups in total. The number of hydrogen-bond donors (Lipinski definition) is 8. The van der Waals surface area contributed by atoms with Gasteiger partial charge < -0.3 is 60.9 Å². The molecule has 100 heavy (non-hydrogen) atoms. The molecular formula is C84H120F2N10O4. The molecule has 0 saturated heterocycles. The molecule has 0 bridgehead atoms. The Bertz CT molecular complexity index is 2570. The standard InChI is InChI=1S/2C16H36N.4C13H12N2O.2FH/c2*1-5-9-13-17(14-10-6-2,15-11-7-3)16-12-8-4;4*16-13(14-11-7-3-1-4-8-11)15-12-9-5-2-6-10-12;;/h2*5-16H2,1-4H3;4*1-10H,(H2,14,15,16);2*1H/q2*+1;;;;;;/p-2. The Hall–Kier alpha value is -9.38. The molecule has 0 saturated carbocycles. The van der Waals surface area contributed by atoms with Crippen LogP contribution in [0.1, 0.15) is 158 Å². The molecule has 8 aromatic rings. The van der Waals surface area contributed by atoms with E-state index in [4.69, 9.17) is 0 Å². The number of carbonyl (C=O) groups is 4. The molecule has 8 amide bonds. The second-order valence-electron chi connectivity index (χ2n) is 24.5. The molecule has 0 radical (unpaired) electrons. The van der Waals surface area contributed by atoms with E-state index in [0.717, 1.165) is 45.5 Å². The predicted molar refractivity (Wildman–Crippen MR) is 421 cm³/mol. The molecule has 14 nitrogen and oxygen atoms in total. The van der Waals surface area contributed by atoms with Crippen LogP contribution in [0.2, 0.25) is 0 Å². The lowest BCUT2D eigenvalue weighted by molar-refractivity contribution is -0.929. The zero-order valence-corrected chi connectivity index (χ0v) is 61.3. The quantitative estimate of drug-likeness (QED) is 0.0197. The number of anilines is 8. The maximum absolute atomic E-state index is 11.6. The highest BCUT2D eigenvalue weighted by Gasteiger charge is 2.26. The van der Waals surface area contributed by atoms with Crippen molar-refractivity contribution < 1.29 is 37.6 Å². The molecule has 0 spiro atoms. The van der Waals surface area contributed by atoms with Crippen LogP contribution in [0.3, 0.4) is 0 Å². The number of rotatable bonds is 32. The maximum atomic E-state index is 11.6. The first kappa shape index (κ1) is 88.6. The smallest absolute Gasteiger partial charge is 0.323 e. The summed E-state index contributed by atoms with van der Waals surface area (Å²) in [6.45, 7) is 30.0. The number of hydrogen-bond acceptors (Lipinski definition) is 4. The first-order valence-electron chi connectivity index (χ1n) is 36.3. The molecule has 0 aliphatic carbocycles. The largest absolute Gasteiger partial charge is 1.00 e. The van der Waals surface area contributed by atoms with Gasteiger partial charge in [-0.2, -0.15) is 0 Å². The summed E-state index contributed by atoms with van der Waals surface area (Å²) in [4.78, 5) is 46.2. The van der Waals surface area contributed by atoms with E-state index in [2.05, 4.69) is 97.9 Å². The third-order valence-electron chi connectivity index (χ3n) is 16.1. The monoisotopic (exact) mass is 1370 g/mol. The number of halogens is 2. The van der Waals surface area contributed by atoms with Gasteiger partial charge in [0.25, 0.3) is 0 Å². The number of quaternary nitrogens is 2. The molecule has 0 aliphatic rings. The van der Waals surface area contributed by atoms with Gasteiger partial charge in [-0.3, -0.25) is 0 Å². The van der Waals surface area contributed by atoms with Gasteiger partial charge in [-0.25, -0.2) is 19.2 Å². The summed E-state index contributed by atoms with van der Waals surface area (Å²) in [6.07, 6.45) is 22.1. The van der Waals surface area contributed by atoms with E-state index in [9.17, 15) is 19.2 Å². The molecular weight excluding hydrogens is 1250 g/mol. The maximum Gasteiger partial charge on any atom is 0.323 e. The summed E-state index contributed by atoms with van der Waals surface area (Å²) in [5, 5.41) is 21.9. The summed E-state index contributed by atoms with van der Waals surface area (Å²) in [5.41, 5.74) is 6.19. The van der Waals surface area contributed by atoms with E-state index in [1.165, 1.54) is 164 Å². The summed E-state index contributed by atoms with van der Waals surface area (Å²) in [5.74, 6) is 0. The zero-order valence-electron chi connectivity index (χ0n) is 61.3.